The summed E-state index contributed by atoms with van der Waals surface area (Å²) in [6, 6.07) is 13.2. The fourth-order valence-corrected chi connectivity index (χ4v) is 4.17. The minimum atomic E-state index is -0.934. The standard InChI is InChI=1S/C30H28N2O10/c1-15(33)39-23-11-21(12-24(40-16(2)34)27(23)29(31)37)9-19-5-7-20(8-6-19)10-22-13-25(41-17(3)35)28(30(32)38)26(14-22)42-18(4)36/h5-8,11-14H,9-10H2,1-4H3,(H2,31,37)(H2,32,38). The first kappa shape index (κ1) is 31.0. The fourth-order valence-electron chi connectivity index (χ4n) is 4.17. The summed E-state index contributed by atoms with van der Waals surface area (Å²) in [6.45, 7) is 4.64. The van der Waals surface area contributed by atoms with Crippen LogP contribution in [-0.2, 0) is 32.0 Å². The summed E-state index contributed by atoms with van der Waals surface area (Å²) in [7, 11) is 0. The summed E-state index contributed by atoms with van der Waals surface area (Å²) in [5.74, 6) is -5.16. The number of benzene rings is 3. The molecule has 3 rings (SSSR count). The van der Waals surface area contributed by atoms with Crippen LogP contribution in [0.3, 0.4) is 0 Å². The minimum Gasteiger partial charge on any atom is -0.426 e. The van der Waals surface area contributed by atoms with E-state index in [0.29, 0.717) is 24.0 Å². The van der Waals surface area contributed by atoms with Crippen molar-refractivity contribution in [3.8, 4) is 23.0 Å². The predicted molar refractivity (Wildman–Crippen MR) is 147 cm³/mol. The molecule has 0 saturated carbocycles. The molecule has 0 fully saturated rings. The van der Waals surface area contributed by atoms with Crippen LogP contribution in [0.5, 0.6) is 23.0 Å². The molecule has 0 radical (unpaired) electrons. The molecule has 12 nitrogen and oxygen atoms in total. The van der Waals surface area contributed by atoms with E-state index in [9.17, 15) is 28.8 Å². The molecular formula is C30H28N2O10. The van der Waals surface area contributed by atoms with E-state index in [1.807, 2.05) is 24.3 Å². The van der Waals surface area contributed by atoms with Crippen LogP contribution in [0.15, 0.2) is 48.5 Å². The fraction of sp³-hybridized carbons (Fsp3) is 0.200. The van der Waals surface area contributed by atoms with Crippen molar-refractivity contribution in [2.45, 2.75) is 40.5 Å². The van der Waals surface area contributed by atoms with Gasteiger partial charge in [-0.1, -0.05) is 24.3 Å². The lowest BCUT2D eigenvalue weighted by atomic mass is 9.98. The maximum atomic E-state index is 12.0. The Bertz CT molecular complexity index is 1400. The second-order valence-corrected chi connectivity index (χ2v) is 9.21. The van der Waals surface area contributed by atoms with Crippen molar-refractivity contribution in [2.24, 2.45) is 11.5 Å². The normalized spacial score (nSPS) is 10.4. The van der Waals surface area contributed by atoms with Crippen molar-refractivity contribution in [1.29, 1.82) is 0 Å². The highest BCUT2D eigenvalue weighted by Crippen LogP contribution is 2.34. The monoisotopic (exact) mass is 576 g/mol. The third-order valence-electron chi connectivity index (χ3n) is 5.60. The second kappa shape index (κ2) is 13.2. The molecule has 0 aliphatic carbocycles. The van der Waals surface area contributed by atoms with Crippen LogP contribution in [-0.4, -0.2) is 35.7 Å². The zero-order chi connectivity index (χ0) is 31.1. The van der Waals surface area contributed by atoms with E-state index in [1.54, 1.807) is 0 Å². The van der Waals surface area contributed by atoms with E-state index in [4.69, 9.17) is 30.4 Å². The number of nitrogens with two attached hydrogens (primary N) is 2. The Balaban J connectivity index is 1.93. The van der Waals surface area contributed by atoms with Gasteiger partial charge in [-0.05, 0) is 59.4 Å². The SMILES string of the molecule is CC(=O)Oc1cc(Cc2ccc(Cc3cc(OC(C)=O)c(C(N)=O)c(OC(C)=O)c3)cc2)cc(OC(C)=O)c1C(N)=O. The van der Waals surface area contributed by atoms with E-state index in [1.165, 1.54) is 24.3 Å². The van der Waals surface area contributed by atoms with Crippen LogP contribution in [0.1, 0.15) is 70.7 Å². The minimum absolute atomic E-state index is 0.132. The second-order valence-electron chi connectivity index (χ2n) is 9.21. The van der Waals surface area contributed by atoms with E-state index >= 15 is 0 Å². The van der Waals surface area contributed by atoms with E-state index in [0.717, 1.165) is 38.8 Å². The van der Waals surface area contributed by atoms with Gasteiger partial charge >= 0.3 is 23.9 Å². The van der Waals surface area contributed by atoms with Crippen LogP contribution in [0.4, 0.5) is 0 Å². The van der Waals surface area contributed by atoms with Crippen LogP contribution in [0.2, 0.25) is 0 Å². The maximum Gasteiger partial charge on any atom is 0.308 e. The number of esters is 4. The lowest BCUT2D eigenvalue weighted by molar-refractivity contribution is -0.133. The average Bonchev–Trinajstić information content (AvgIpc) is 2.83. The molecule has 0 aliphatic rings. The van der Waals surface area contributed by atoms with Crippen molar-refractivity contribution >= 4 is 35.7 Å². The van der Waals surface area contributed by atoms with Gasteiger partial charge in [0.15, 0.2) is 0 Å². The Hall–Kier alpha value is -5.52. The first-order chi connectivity index (χ1) is 19.7. The Morgan fingerprint density at radius 3 is 0.905 bits per heavy atom. The van der Waals surface area contributed by atoms with Crippen molar-refractivity contribution in [3.63, 3.8) is 0 Å². The first-order valence-corrected chi connectivity index (χ1v) is 12.5. The molecule has 4 N–H and O–H groups in total. The Labute approximate surface area is 240 Å². The highest BCUT2D eigenvalue weighted by Gasteiger charge is 2.23. The lowest BCUT2D eigenvalue weighted by Gasteiger charge is -2.15. The molecule has 0 saturated heterocycles. The van der Waals surface area contributed by atoms with Crippen LogP contribution in [0.25, 0.3) is 0 Å². The summed E-state index contributed by atoms with van der Waals surface area (Å²) in [6.07, 6.45) is 0.616. The molecule has 12 heteroatoms. The van der Waals surface area contributed by atoms with E-state index in [2.05, 4.69) is 0 Å². The van der Waals surface area contributed by atoms with Gasteiger partial charge in [-0.15, -0.1) is 0 Å². The number of primary amides is 2. The van der Waals surface area contributed by atoms with Crippen LogP contribution in [0, 0.1) is 0 Å². The van der Waals surface area contributed by atoms with Gasteiger partial charge in [0.25, 0.3) is 11.8 Å². The highest BCUT2D eigenvalue weighted by atomic mass is 16.6. The number of ether oxygens (including phenoxy) is 4. The van der Waals surface area contributed by atoms with Gasteiger partial charge < -0.3 is 30.4 Å². The molecule has 0 aromatic heterocycles. The molecule has 3 aromatic rings. The summed E-state index contributed by atoms with van der Waals surface area (Å²) < 4.78 is 20.6. The predicted octanol–water partition coefficient (Wildman–Crippen LogP) is 2.77. The van der Waals surface area contributed by atoms with Crippen molar-refractivity contribution < 1.29 is 47.7 Å². The lowest BCUT2D eigenvalue weighted by Crippen LogP contribution is -2.18. The van der Waals surface area contributed by atoms with Gasteiger partial charge in [-0.3, -0.25) is 28.8 Å². The van der Waals surface area contributed by atoms with Gasteiger partial charge in [0.05, 0.1) is 0 Å². The molecule has 0 unspecified atom stereocenters. The third kappa shape index (κ3) is 8.24. The Kier molecular flexibility index (Phi) is 9.76. The van der Waals surface area contributed by atoms with Crippen LogP contribution >= 0.6 is 0 Å². The molecule has 42 heavy (non-hydrogen) atoms. The number of amides is 2. The molecule has 218 valence electrons. The molecular weight excluding hydrogens is 548 g/mol. The molecule has 0 atom stereocenters. The molecule has 0 bridgehead atoms. The zero-order valence-corrected chi connectivity index (χ0v) is 23.3. The topological polar surface area (TPSA) is 191 Å². The average molecular weight is 577 g/mol. The van der Waals surface area contributed by atoms with Crippen molar-refractivity contribution in [2.75, 3.05) is 0 Å². The van der Waals surface area contributed by atoms with E-state index < -0.39 is 35.7 Å². The summed E-state index contributed by atoms with van der Waals surface area (Å²) >= 11 is 0. The van der Waals surface area contributed by atoms with Crippen molar-refractivity contribution in [1.82, 2.24) is 0 Å². The number of hydrogen-bond donors (Lipinski definition) is 2. The molecule has 3 aromatic carbocycles. The van der Waals surface area contributed by atoms with Gasteiger partial charge in [0.2, 0.25) is 0 Å². The summed E-state index contributed by atoms with van der Waals surface area (Å²) in [4.78, 5) is 70.6. The van der Waals surface area contributed by atoms with Crippen molar-refractivity contribution in [3.05, 3.63) is 81.9 Å². The van der Waals surface area contributed by atoms with Gasteiger partial charge in [0.1, 0.15) is 34.1 Å². The largest absolute Gasteiger partial charge is 0.426 e. The zero-order valence-electron chi connectivity index (χ0n) is 23.3. The quantitative estimate of drug-likeness (QED) is 0.268. The van der Waals surface area contributed by atoms with Gasteiger partial charge in [0, 0.05) is 27.7 Å². The number of rotatable bonds is 10. The first-order valence-electron chi connectivity index (χ1n) is 12.5. The van der Waals surface area contributed by atoms with Gasteiger partial charge in [-0.2, -0.15) is 0 Å². The highest BCUT2D eigenvalue weighted by molar-refractivity contribution is 6.00. The summed E-state index contributed by atoms with van der Waals surface area (Å²) in [5.41, 5.74) is 13.2. The van der Waals surface area contributed by atoms with Crippen LogP contribution < -0.4 is 30.4 Å². The maximum absolute atomic E-state index is 12.0. The third-order valence-corrected chi connectivity index (χ3v) is 5.60. The molecule has 2 amide bonds. The molecule has 0 heterocycles. The number of carbonyl (C=O) groups excluding carboxylic acids is 6. The molecule has 0 aliphatic heterocycles. The number of hydrogen-bond acceptors (Lipinski definition) is 10. The smallest absolute Gasteiger partial charge is 0.308 e. The van der Waals surface area contributed by atoms with E-state index in [-0.39, 0.29) is 34.1 Å². The molecule has 0 spiro atoms. The Morgan fingerprint density at radius 1 is 0.476 bits per heavy atom. The Morgan fingerprint density at radius 2 is 0.714 bits per heavy atom. The number of carbonyl (C=O) groups is 6. The van der Waals surface area contributed by atoms with Gasteiger partial charge in [-0.25, -0.2) is 0 Å². The summed E-state index contributed by atoms with van der Waals surface area (Å²) in [5, 5.41) is 0.